The van der Waals surface area contributed by atoms with E-state index in [-0.39, 0.29) is 31.6 Å². The van der Waals surface area contributed by atoms with E-state index in [1.54, 1.807) is 6.07 Å². The van der Waals surface area contributed by atoms with Gasteiger partial charge in [0.25, 0.3) is 0 Å². The fourth-order valence-corrected chi connectivity index (χ4v) is 5.31. The van der Waals surface area contributed by atoms with Crippen molar-refractivity contribution in [3.63, 3.8) is 0 Å². The Hall–Kier alpha value is -2.45. The van der Waals surface area contributed by atoms with Crippen LogP contribution >= 0.6 is 11.8 Å². The molecule has 6 atom stereocenters. The van der Waals surface area contributed by atoms with Crippen molar-refractivity contribution in [1.82, 2.24) is 25.0 Å². The normalized spacial score (nSPS) is 27.6. The number of anilines is 1. The molecule has 0 spiro atoms. The van der Waals surface area contributed by atoms with Crippen LogP contribution in [0.4, 0.5) is 14.6 Å². The summed E-state index contributed by atoms with van der Waals surface area (Å²) in [4.78, 5) is 9.27. The molecule has 13 heteroatoms. The maximum atomic E-state index is 13.7. The van der Waals surface area contributed by atoms with Crippen LogP contribution in [-0.2, 0) is 4.74 Å². The Bertz CT molecular complexity index is 1230. The van der Waals surface area contributed by atoms with E-state index in [4.69, 9.17) is 9.84 Å². The first kappa shape index (κ1) is 25.2. The second-order valence-corrected chi connectivity index (χ2v) is 10.2. The Morgan fingerprint density at radius 1 is 1.17 bits per heavy atom. The molecule has 0 radical (unpaired) electrons. The van der Waals surface area contributed by atoms with Crippen molar-refractivity contribution in [3.8, 4) is 0 Å². The lowest BCUT2D eigenvalue weighted by atomic mass is 10.1. The van der Waals surface area contributed by atoms with Crippen LogP contribution in [0.3, 0.4) is 0 Å². The summed E-state index contributed by atoms with van der Waals surface area (Å²) in [7, 11) is 0. The molecule has 194 valence electrons. The SMILES string of the molecule is CCCSc1nc(N[C@@H]2CC2c2ccc(F)c(F)c2)c2nnn(C3C[C@H](OCCO)[C@@H](O)[C@H]3O)c2n1. The average Bonchev–Trinajstić information content (AvgIpc) is 3.41. The first-order valence-electron chi connectivity index (χ1n) is 12.0. The molecule has 3 aromatic rings. The van der Waals surface area contributed by atoms with E-state index in [9.17, 15) is 19.0 Å². The summed E-state index contributed by atoms with van der Waals surface area (Å²) in [6.45, 7) is 1.91. The molecule has 2 fully saturated rings. The lowest BCUT2D eigenvalue weighted by Gasteiger charge is -2.17. The van der Waals surface area contributed by atoms with E-state index in [2.05, 4.69) is 32.5 Å². The lowest BCUT2D eigenvalue weighted by molar-refractivity contribution is -0.0629. The number of benzene rings is 1. The van der Waals surface area contributed by atoms with Gasteiger partial charge in [0.05, 0.1) is 25.4 Å². The number of nitrogens with one attached hydrogen (secondary N) is 1. The number of aliphatic hydroxyl groups is 3. The van der Waals surface area contributed by atoms with Crippen molar-refractivity contribution in [2.24, 2.45) is 0 Å². The molecule has 2 aliphatic carbocycles. The van der Waals surface area contributed by atoms with Gasteiger partial charge < -0.3 is 25.4 Å². The third-order valence-corrected chi connectivity index (χ3v) is 7.61. The van der Waals surface area contributed by atoms with Gasteiger partial charge in [0.2, 0.25) is 0 Å². The van der Waals surface area contributed by atoms with Crippen molar-refractivity contribution in [3.05, 3.63) is 35.4 Å². The largest absolute Gasteiger partial charge is 0.394 e. The van der Waals surface area contributed by atoms with E-state index < -0.39 is 36.0 Å². The molecule has 0 aliphatic heterocycles. The maximum absolute atomic E-state index is 13.7. The maximum Gasteiger partial charge on any atom is 0.191 e. The van der Waals surface area contributed by atoms with Gasteiger partial charge in [0, 0.05) is 24.1 Å². The minimum Gasteiger partial charge on any atom is -0.394 e. The van der Waals surface area contributed by atoms with E-state index in [1.165, 1.54) is 22.5 Å². The molecule has 4 N–H and O–H groups in total. The minimum absolute atomic E-state index is 0.00291. The van der Waals surface area contributed by atoms with Gasteiger partial charge in [-0.1, -0.05) is 30.0 Å². The fourth-order valence-electron chi connectivity index (χ4n) is 4.61. The number of rotatable bonds is 10. The smallest absolute Gasteiger partial charge is 0.191 e. The van der Waals surface area contributed by atoms with Gasteiger partial charge in [-0.05, 0) is 30.5 Å². The van der Waals surface area contributed by atoms with Crippen LogP contribution in [0.25, 0.3) is 11.2 Å². The van der Waals surface area contributed by atoms with Gasteiger partial charge in [0.15, 0.2) is 33.8 Å². The molecule has 2 heterocycles. The van der Waals surface area contributed by atoms with Crippen LogP contribution in [0.2, 0.25) is 0 Å². The highest BCUT2D eigenvalue weighted by molar-refractivity contribution is 7.99. The lowest BCUT2D eigenvalue weighted by Crippen LogP contribution is -2.33. The van der Waals surface area contributed by atoms with Gasteiger partial charge >= 0.3 is 0 Å². The van der Waals surface area contributed by atoms with Crippen LogP contribution in [-0.4, -0.2) is 83.6 Å². The van der Waals surface area contributed by atoms with Gasteiger partial charge in [-0.2, -0.15) is 0 Å². The average molecular weight is 523 g/mol. The molecular weight excluding hydrogens is 494 g/mol. The first-order valence-corrected chi connectivity index (χ1v) is 13.0. The molecule has 0 bridgehead atoms. The van der Waals surface area contributed by atoms with E-state index >= 15 is 0 Å². The topological polar surface area (TPSA) is 138 Å². The molecule has 5 rings (SSSR count). The summed E-state index contributed by atoms with van der Waals surface area (Å²) < 4.78 is 34.0. The number of ether oxygens (including phenoxy) is 1. The highest BCUT2D eigenvalue weighted by atomic mass is 32.2. The number of fused-ring (bicyclic) bond motifs is 1. The number of aliphatic hydroxyl groups excluding tert-OH is 3. The van der Waals surface area contributed by atoms with Crippen LogP contribution in [0.1, 0.15) is 43.7 Å². The minimum atomic E-state index is -1.15. The third kappa shape index (κ3) is 4.90. The second kappa shape index (κ2) is 10.5. The van der Waals surface area contributed by atoms with Crippen molar-refractivity contribution in [1.29, 1.82) is 0 Å². The number of halogens is 2. The Balaban J connectivity index is 1.43. The zero-order valence-electron chi connectivity index (χ0n) is 19.6. The van der Waals surface area contributed by atoms with E-state index in [0.717, 1.165) is 24.7 Å². The Morgan fingerprint density at radius 3 is 2.75 bits per heavy atom. The molecule has 0 saturated heterocycles. The molecule has 2 aromatic heterocycles. The fraction of sp³-hybridized carbons (Fsp3) is 0.565. The summed E-state index contributed by atoms with van der Waals surface area (Å²) >= 11 is 1.48. The van der Waals surface area contributed by atoms with Gasteiger partial charge in [0.1, 0.15) is 12.2 Å². The zero-order chi connectivity index (χ0) is 25.4. The zero-order valence-corrected chi connectivity index (χ0v) is 20.4. The molecule has 0 amide bonds. The summed E-state index contributed by atoms with van der Waals surface area (Å²) in [5.41, 5.74) is 1.53. The van der Waals surface area contributed by atoms with Crippen LogP contribution < -0.4 is 5.32 Å². The number of hydrogen-bond acceptors (Lipinski definition) is 10. The molecular formula is C23H28F2N6O4S. The van der Waals surface area contributed by atoms with Crippen molar-refractivity contribution in [2.45, 2.75) is 67.7 Å². The van der Waals surface area contributed by atoms with Crippen LogP contribution in [0, 0.1) is 11.6 Å². The number of thioether (sulfide) groups is 1. The number of aromatic nitrogens is 5. The van der Waals surface area contributed by atoms with E-state index in [0.29, 0.717) is 27.7 Å². The van der Waals surface area contributed by atoms with Crippen LogP contribution in [0.5, 0.6) is 0 Å². The Kier molecular flexibility index (Phi) is 7.35. The molecule has 2 unspecified atom stereocenters. The number of hydrogen-bond donors (Lipinski definition) is 4. The molecule has 36 heavy (non-hydrogen) atoms. The van der Waals surface area contributed by atoms with Gasteiger partial charge in [-0.25, -0.2) is 23.4 Å². The quantitative estimate of drug-likeness (QED) is 0.231. The second-order valence-electron chi connectivity index (χ2n) is 9.09. The number of nitrogens with zero attached hydrogens (tertiary/aromatic N) is 5. The predicted octanol–water partition coefficient (Wildman–Crippen LogP) is 2.01. The summed E-state index contributed by atoms with van der Waals surface area (Å²) in [5, 5.41) is 42.5. The molecule has 2 aliphatic rings. The Morgan fingerprint density at radius 2 is 2.00 bits per heavy atom. The van der Waals surface area contributed by atoms with Crippen molar-refractivity contribution >= 4 is 28.7 Å². The third-order valence-electron chi connectivity index (χ3n) is 6.56. The highest BCUT2D eigenvalue weighted by Crippen LogP contribution is 2.44. The monoisotopic (exact) mass is 522 g/mol. The highest BCUT2D eigenvalue weighted by Gasteiger charge is 2.45. The molecule has 2 saturated carbocycles. The van der Waals surface area contributed by atoms with E-state index in [1.807, 2.05) is 0 Å². The van der Waals surface area contributed by atoms with Crippen molar-refractivity contribution < 1.29 is 28.8 Å². The first-order chi connectivity index (χ1) is 17.4. The summed E-state index contributed by atoms with van der Waals surface area (Å²) in [6.07, 6.45) is -1.04. The van der Waals surface area contributed by atoms with Crippen LogP contribution in [0.15, 0.2) is 23.4 Å². The molecule has 1 aromatic carbocycles. The van der Waals surface area contributed by atoms with Gasteiger partial charge in [-0.3, -0.25) is 0 Å². The standard InChI is InChI=1S/C23H28F2N6O4S/c1-2-7-36-23-27-21(26-15-9-12(15)11-3-4-13(24)14(25)8-11)18-22(28-23)31(30-29-18)16-10-17(35-6-5-32)20(34)19(16)33/h3-4,8,12,15-17,19-20,32-34H,2,5-7,9-10H2,1H3,(H,26,27,28)/t12?,15-,16?,17+,19+,20-/m1/s1. The predicted molar refractivity (Wildman–Crippen MR) is 128 cm³/mol. The summed E-state index contributed by atoms with van der Waals surface area (Å²) in [5.74, 6) is -0.472. The molecule has 10 nitrogen and oxygen atoms in total. The van der Waals surface area contributed by atoms with Crippen molar-refractivity contribution in [2.75, 3.05) is 24.3 Å². The Labute approximate surface area is 210 Å². The van der Waals surface area contributed by atoms with Gasteiger partial charge in [-0.15, -0.1) is 5.10 Å². The summed E-state index contributed by atoms with van der Waals surface area (Å²) in [6, 6.07) is 3.26.